The first-order chi connectivity index (χ1) is 10.6. The number of aliphatic hydroxyl groups excluding tert-OH is 1. The SMILES string of the molecule is COc1cc(NC(=O)NCC2CCCCN2CCO)nn1C. The molecule has 1 aliphatic heterocycles. The van der Waals surface area contributed by atoms with Crippen molar-refractivity contribution in [2.24, 2.45) is 7.05 Å². The number of nitrogens with one attached hydrogen (secondary N) is 2. The number of methoxy groups -OCH3 is 1. The van der Waals surface area contributed by atoms with Gasteiger partial charge in [0.25, 0.3) is 0 Å². The lowest BCUT2D eigenvalue weighted by atomic mass is 10.0. The molecule has 1 aromatic heterocycles. The zero-order valence-corrected chi connectivity index (χ0v) is 13.2. The maximum Gasteiger partial charge on any atom is 0.320 e. The van der Waals surface area contributed by atoms with Crippen LogP contribution in [0.15, 0.2) is 6.07 Å². The van der Waals surface area contributed by atoms with Crippen LogP contribution < -0.4 is 15.4 Å². The topological polar surface area (TPSA) is 91.7 Å². The second-order valence-electron chi connectivity index (χ2n) is 5.44. The van der Waals surface area contributed by atoms with Gasteiger partial charge in [-0.1, -0.05) is 6.42 Å². The van der Waals surface area contributed by atoms with E-state index in [9.17, 15) is 4.79 Å². The van der Waals surface area contributed by atoms with Gasteiger partial charge in [0, 0.05) is 32.2 Å². The number of aliphatic hydroxyl groups is 1. The third kappa shape index (κ3) is 4.35. The van der Waals surface area contributed by atoms with Crippen molar-refractivity contribution in [2.75, 3.05) is 38.7 Å². The van der Waals surface area contributed by atoms with Crippen LogP contribution in [0, 0.1) is 0 Å². The number of ether oxygens (including phenoxy) is 1. The van der Waals surface area contributed by atoms with Gasteiger partial charge in [0.1, 0.15) is 0 Å². The Morgan fingerprint density at radius 1 is 1.55 bits per heavy atom. The molecule has 1 aliphatic rings. The Balaban J connectivity index is 1.81. The Morgan fingerprint density at radius 2 is 2.36 bits per heavy atom. The van der Waals surface area contributed by atoms with Gasteiger partial charge in [0.2, 0.25) is 5.88 Å². The fraction of sp³-hybridized carbons (Fsp3) is 0.714. The monoisotopic (exact) mass is 311 g/mol. The molecule has 124 valence electrons. The Morgan fingerprint density at radius 3 is 3.05 bits per heavy atom. The quantitative estimate of drug-likeness (QED) is 0.707. The van der Waals surface area contributed by atoms with Gasteiger partial charge in [0.15, 0.2) is 5.82 Å². The highest BCUT2D eigenvalue weighted by molar-refractivity contribution is 5.88. The van der Waals surface area contributed by atoms with E-state index >= 15 is 0 Å². The number of amides is 2. The van der Waals surface area contributed by atoms with Gasteiger partial charge in [-0.2, -0.15) is 5.10 Å². The van der Waals surface area contributed by atoms with Crippen LogP contribution in [-0.4, -0.2) is 65.2 Å². The van der Waals surface area contributed by atoms with Gasteiger partial charge in [-0.3, -0.25) is 10.2 Å². The number of nitrogens with zero attached hydrogens (tertiary/aromatic N) is 3. The maximum absolute atomic E-state index is 11.9. The van der Waals surface area contributed by atoms with E-state index in [1.54, 1.807) is 24.9 Å². The summed E-state index contributed by atoms with van der Waals surface area (Å²) in [6, 6.07) is 1.67. The fourth-order valence-corrected chi connectivity index (χ4v) is 2.79. The molecule has 8 nitrogen and oxygen atoms in total. The fourth-order valence-electron chi connectivity index (χ4n) is 2.79. The molecule has 1 saturated heterocycles. The number of piperidine rings is 1. The van der Waals surface area contributed by atoms with Crippen molar-refractivity contribution in [1.29, 1.82) is 0 Å². The number of anilines is 1. The first-order valence-corrected chi connectivity index (χ1v) is 7.62. The van der Waals surface area contributed by atoms with Crippen molar-refractivity contribution in [3.63, 3.8) is 0 Å². The van der Waals surface area contributed by atoms with Crippen molar-refractivity contribution in [1.82, 2.24) is 20.0 Å². The molecular weight excluding hydrogens is 286 g/mol. The summed E-state index contributed by atoms with van der Waals surface area (Å²) in [6.45, 7) is 2.35. The predicted octanol–water partition coefficient (Wildman–Crippen LogP) is 0.397. The van der Waals surface area contributed by atoms with Gasteiger partial charge < -0.3 is 15.2 Å². The highest BCUT2D eigenvalue weighted by Crippen LogP contribution is 2.16. The van der Waals surface area contributed by atoms with Gasteiger partial charge in [-0.15, -0.1) is 0 Å². The molecular formula is C14H25N5O3. The molecule has 1 unspecified atom stereocenters. The maximum atomic E-state index is 11.9. The highest BCUT2D eigenvalue weighted by atomic mass is 16.5. The molecule has 0 spiro atoms. The zero-order chi connectivity index (χ0) is 15.9. The van der Waals surface area contributed by atoms with Gasteiger partial charge in [0.05, 0.1) is 13.7 Å². The Labute approximate surface area is 130 Å². The number of carbonyl (C=O) groups excluding carboxylic acids is 1. The summed E-state index contributed by atoms with van der Waals surface area (Å²) in [6.07, 6.45) is 3.35. The van der Waals surface area contributed by atoms with E-state index in [-0.39, 0.29) is 18.7 Å². The van der Waals surface area contributed by atoms with Crippen molar-refractivity contribution in [3.05, 3.63) is 6.07 Å². The number of aromatic nitrogens is 2. The lowest BCUT2D eigenvalue weighted by molar-refractivity contribution is 0.117. The van der Waals surface area contributed by atoms with Gasteiger partial charge in [-0.05, 0) is 19.4 Å². The second kappa shape index (κ2) is 8.00. The molecule has 2 amide bonds. The number of β-amino-alcohol motifs (C(OH)–C–C–N with tert-alkyl or cyclic N) is 1. The summed E-state index contributed by atoms with van der Waals surface area (Å²) in [7, 11) is 3.30. The smallest absolute Gasteiger partial charge is 0.320 e. The number of urea groups is 1. The molecule has 1 atom stereocenters. The number of carbonyl (C=O) groups is 1. The summed E-state index contributed by atoms with van der Waals surface area (Å²) in [4.78, 5) is 14.2. The van der Waals surface area contributed by atoms with Crippen LogP contribution in [0.25, 0.3) is 0 Å². The average Bonchev–Trinajstić information content (AvgIpc) is 2.86. The number of aryl methyl sites for hydroxylation is 1. The van der Waals surface area contributed by atoms with Crippen LogP contribution in [0.5, 0.6) is 5.88 Å². The second-order valence-corrected chi connectivity index (χ2v) is 5.44. The molecule has 0 bridgehead atoms. The number of hydrogen-bond donors (Lipinski definition) is 3. The summed E-state index contributed by atoms with van der Waals surface area (Å²) < 4.78 is 6.66. The van der Waals surface area contributed by atoms with Crippen LogP contribution in [-0.2, 0) is 7.05 Å². The van der Waals surface area contributed by atoms with Gasteiger partial charge in [-0.25, -0.2) is 9.48 Å². The number of likely N-dealkylation sites (tertiary alicyclic amines) is 1. The minimum atomic E-state index is -0.282. The first kappa shape index (κ1) is 16.6. The number of rotatable bonds is 6. The van der Waals surface area contributed by atoms with E-state index in [1.165, 1.54) is 0 Å². The third-order valence-corrected chi connectivity index (χ3v) is 3.92. The van der Waals surface area contributed by atoms with Crippen molar-refractivity contribution < 1.29 is 14.6 Å². The average molecular weight is 311 g/mol. The molecule has 0 aromatic carbocycles. The molecule has 0 saturated carbocycles. The van der Waals surface area contributed by atoms with E-state index in [2.05, 4.69) is 20.6 Å². The summed E-state index contributed by atoms with van der Waals surface area (Å²) in [5.74, 6) is 1.03. The summed E-state index contributed by atoms with van der Waals surface area (Å²) in [5.41, 5.74) is 0. The van der Waals surface area contributed by atoms with E-state index in [0.717, 1.165) is 25.8 Å². The Bertz CT molecular complexity index is 489. The van der Waals surface area contributed by atoms with Crippen molar-refractivity contribution >= 4 is 11.8 Å². The molecule has 1 aromatic rings. The Hall–Kier alpha value is -1.80. The molecule has 1 fully saturated rings. The van der Waals surface area contributed by atoms with Crippen molar-refractivity contribution in [3.8, 4) is 5.88 Å². The van der Waals surface area contributed by atoms with Crippen LogP contribution in [0.1, 0.15) is 19.3 Å². The number of hydrogen-bond acceptors (Lipinski definition) is 5. The van der Waals surface area contributed by atoms with E-state index < -0.39 is 0 Å². The molecule has 0 aliphatic carbocycles. The van der Waals surface area contributed by atoms with Crippen LogP contribution in [0.3, 0.4) is 0 Å². The standard InChI is InChI=1S/C14H25N5O3/c1-18-13(22-2)9-12(17-18)16-14(21)15-10-11-5-3-4-6-19(11)7-8-20/h9,11,20H,3-8,10H2,1-2H3,(H2,15,16,17,21). The van der Waals surface area contributed by atoms with E-state index in [4.69, 9.17) is 9.84 Å². The molecule has 3 N–H and O–H groups in total. The lowest BCUT2D eigenvalue weighted by Crippen LogP contribution is -2.48. The predicted molar refractivity (Wildman–Crippen MR) is 83.1 cm³/mol. The van der Waals surface area contributed by atoms with E-state index in [0.29, 0.717) is 24.8 Å². The molecule has 22 heavy (non-hydrogen) atoms. The minimum Gasteiger partial charge on any atom is -0.481 e. The van der Waals surface area contributed by atoms with Gasteiger partial charge >= 0.3 is 6.03 Å². The third-order valence-electron chi connectivity index (χ3n) is 3.92. The molecule has 2 rings (SSSR count). The normalized spacial score (nSPS) is 19.0. The summed E-state index contributed by atoms with van der Waals surface area (Å²) in [5, 5.41) is 18.8. The Kier molecular flexibility index (Phi) is 6.02. The molecule has 2 heterocycles. The zero-order valence-electron chi connectivity index (χ0n) is 13.2. The first-order valence-electron chi connectivity index (χ1n) is 7.62. The lowest BCUT2D eigenvalue weighted by Gasteiger charge is -2.35. The largest absolute Gasteiger partial charge is 0.481 e. The van der Waals surface area contributed by atoms with Crippen molar-refractivity contribution in [2.45, 2.75) is 25.3 Å². The molecule has 0 radical (unpaired) electrons. The summed E-state index contributed by atoms with van der Waals surface area (Å²) >= 11 is 0. The van der Waals surface area contributed by atoms with Crippen LogP contribution in [0.4, 0.5) is 10.6 Å². The molecule has 8 heteroatoms. The van der Waals surface area contributed by atoms with Crippen LogP contribution >= 0.6 is 0 Å². The van der Waals surface area contributed by atoms with E-state index in [1.807, 2.05) is 0 Å². The minimum absolute atomic E-state index is 0.149. The van der Waals surface area contributed by atoms with Crippen LogP contribution in [0.2, 0.25) is 0 Å². The highest BCUT2D eigenvalue weighted by Gasteiger charge is 2.22.